The second-order valence-corrected chi connectivity index (χ2v) is 3.99. The van der Waals surface area contributed by atoms with Crippen molar-refractivity contribution in [3.8, 4) is 0 Å². The van der Waals surface area contributed by atoms with Crippen LogP contribution in [0.1, 0.15) is 27.2 Å². The minimum Gasteiger partial charge on any atom is -0.491 e. The van der Waals surface area contributed by atoms with E-state index in [0.29, 0.717) is 12.2 Å². The van der Waals surface area contributed by atoms with Crippen molar-refractivity contribution in [2.75, 3.05) is 13.2 Å². The van der Waals surface area contributed by atoms with Gasteiger partial charge in [-0.15, -0.1) is 0 Å². The maximum atomic E-state index is 9.57. The molecule has 92 valence electrons. The fraction of sp³-hybridized carbons (Fsp3) is 0.583. The van der Waals surface area contributed by atoms with Gasteiger partial charge in [-0.3, -0.25) is 0 Å². The molecular weight excluding hydrogens is 208 g/mol. The highest BCUT2D eigenvalue weighted by atomic mass is 16.5. The van der Waals surface area contributed by atoms with Crippen LogP contribution in [0.25, 0.3) is 0 Å². The molecule has 1 aliphatic rings. The van der Waals surface area contributed by atoms with Crippen LogP contribution in [0.4, 0.5) is 0 Å². The summed E-state index contributed by atoms with van der Waals surface area (Å²) in [4.78, 5) is 9.44. The highest BCUT2D eigenvalue weighted by molar-refractivity contribution is 5.72. The number of hydrogen-bond donors (Lipinski definition) is 2. The summed E-state index contributed by atoms with van der Waals surface area (Å²) in [5, 5.41) is 18.1. The molecule has 1 rings (SSSR count). The maximum absolute atomic E-state index is 9.57. The Kier molecular flexibility index (Phi) is 6.69. The van der Waals surface area contributed by atoms with Crippen LogP contribution in [-0.4, -0.2) is 34.8 Å². The van der Waals surface area contributed by atoms with Gasteiger partial charge in [0.15, 0.2) is 0 Å². The van der Waals surface area contributed by atoms with Crippen molar-refractivity contribution in [2.45, 2.75) is 32.8 Å². The molecule has 1 aliphatic carbocycles. The van der Waals surface area contributed by atoms with Crippen molar-refractivity contribution >= 4 is 5.78 Å². The zero-order valence-corrected chi connectivity index (χ0v) is 10.1. The Hall–Kier alpha value is -1.13. The normalized spacial score (nSPS) is 22.9. The second-order valence-electron chi connectivity index (χ2n) is 3.99. The van der Waals surface area contributed by atoms with Gasteiger partial charge in [0.1, 0.15) is 18.1 Å². The zero-order chi connectivity index (χ0) is 12.6. The molecule has 0 radical (unpaired) electrons. The summed E-state index contributed by atoms with van der Waals surface area (Å²) in [5.41, 5.74) is -0.806. The molecule has 4 heteroatoms. The number of carbonyl (C=O) groups excluding carboxylic acids is 1. The van der Waals surface area contributed by atoms with E-state index in [0.717, 1.165) is 0 Å². The topological polar surface area (TPSA) is 66.8 Å². The lowest BCUT2D eigenvalue weighted by molar-refractivity contribution is -0.114. The quantitative estimate of drug-likeness (QED) is 0.761. The summed E-state index contributed by atoms with van der Waals surface area (Å²) in [5.74, 6) is 0.792. The van der Waals surface area contributed by atoms with E-state index in [1.165, 1.54) is 13.8 Å². The number of ether oxygens (including phenoxy) is 1. The van der Waals surface area contributed by atoms with Crippen LogP contribution in [0.2, 0.25) is 0 Å². The van der Waals surface area contributed by atoms with Gasteiger partial charge in [0.25, 0.3) is 0 Å². The maximum Gasteiger partial charge on any atom is 0.126 e. The summed E-state index contributed by atoms with van der Waals surface area (Å²) in [6, 6.07) is 0. The van der Waals surface area contributed by atoms with Crippen LogP contribution in [0, 0.1) is 0 Å². The van der Waals surface area contributed by atoms with Gasteiger partial charge in [-0.05, 0) is 39.3 Å². The Balaban J connectivity index is 0.000000487. The molecule has 0 heterocycles. The van der Waals surface area contributed by atoms with Gasteiger partial charge in [0.2, 0.25) is 0 Å². The molecule has 4 nitrogen and oxygen atoms in total. The van der Waals surface area contributed by atoms with E-state index in [1.54, 1.807) is 19.1 Å². The van der Waals surface area contributed by atoms with Crippen LogP contribution in [0.15, 0.2) is 24.0 Å². The summed E-state index contributed by atoms with van der Waals surface area (Å²) < 4.78 is 5.13. The minimum absolute atomic E-state index is 0.00662. The second kappa shape index (κ2) is 7.19. The van der Waals surface area contributed by atoms with Crippen molar-refractivity contribution < 1.29 is 19.7 Å². The molecule has 2 N–H and O–H groups in total. The predicted molar refractivity (Wildman–Crippen MR) is 61.9 cm³/mol. The Bertz CT molecular complexity index is 273. The standard InChI is InChI=1S/C9H14O3.C3H6O/c1-9(11)4-2-3-8(7-9)12-6-5-10;1-3(2)4/h2-3,7,10-11H,4-6H2,1H3;1-2H3. The fourth-order valence-corrected chi connectivity index (χ4v) is 1.08. The van der Waals surface area contributed by atoms with Gasteiger partial charge >= 0.3 is 0 Å². The lowest BCUT2D eigenvalue weighted by atomic mass is 9.97. The largest absolute Gasteiger partial charge is 0.491 e. The van der Waals surface area contributed by atoms with Crippen molar-refractivity contribution in [3.63, 3.8) is 0 Å². The van der Waals surface area contributed by atoms with Gasteiger partial charge in [0, 0.05) is 0 Å². The van der Waals surface area contributed by atoms with Crippen LogP contribution < -0.4 is 0 Å². The van der Waals surface area contributed by atoms with Crippen LogP contribution in [0.3, 0.4) is 0 Å². The first-order valence-electron chi connectivity index (χ1n) is 5.20. The first-order chi connectivity index (χ1) is 7.37. The van der Waals surface area contributed by atoms with Crippen molar-refractivity contribution in [1.82, 2.24) is 0 Å². The van der Waals surface area contributed by atoms with E-state index in [9.17, 15) is 9.90 Å². The Morgan fingerprint density at radius 1 is 1.56 bits per heavy atom. The lowest BCUT2D eigenvalue weighted by Crippen LogP contribution is -2.22. The third-order valence-corrected chi connectivity index (χ3v) is 1.63. The SMILES string of the molecule is CC(C)=O.CC1(O)C=C(OCCO)C=CC1. The fourth-order valence-electron chi connectivity index (χ4n) is 1.08. The number of carbonyl (C=O) groups is 1. The van der Waals surface area contributed by atoms with Crippen molar-refractivity contribution in [1.29, 1.82) is 0 Å². The first-order valence-corrected chi connectivity index (χ1v) is 5.20. The predicted octanol–water partition coefficient (Wildman–Crippen LogP) is 1.19. The number of allylic oxidation sites excluding steroid dienone is 1. The van der Waals surface area contributed by atoms with Gasteiger partial charge in [-0.1, -0.05) is 6.08 Å². The number of rotatable bonds is 3. The number of Topliss-reactive ketones (excluding diaryl/α,β-unsaturated/α-hetero) is 1. The average Bonchev–Trinajstić information content (AvgIpc) is 2.12. The number of aliphatic hydroxyl groups is 2. The Morgan fingerprint density at radius 3 is 2.56 bits per heavy atom. The Morgan fingerprint density at radius 2 is 2.12 bits per heavy atom. The highest BCUT2D eigenvalue weighted by Crippen LogP contribution is 2.20. The molecule has 0 bridgehead atoms. The molecule has 0 aromatic heterocycles. The van der Waals surface area contributed by atoms with Crippen molar-refractivity contribution in [2.24, 2.45) is 0 Å². The molecule has 0 aliphatic heterocycles. The molecule has 0 saturated heterocycles. The van der Waals surface area contributed by atoms with E-state index in [2.05, 4.69) is 0 Å². The van der Waals surface area contributed by atoms with E-state index >= 15 is 0 Å². The molecule has 0 fully saturated rings. The zero-order valence-electron chi connectivity index (χ0n) is 10.1. The molecule has 0 aromatic rings. The molecule has 16 heavy (non-hydrogen) atoms. The van der Waals surface area contributed by atoms with E-state index < -0.39 is 5.60 Å². The highest BCUT2D eigenvalue weighted by Gasteiger charge is 2.19. The number of ketones is 1. The van der Waals surface area contributed by atoms with E-state index in [-0.39, 0.29) is 19.0 Å². The first kappa shape index (κ1) is 14.9. The third kappa shape index (κ3) is 8.20. The van der Waals surface area contributed by atoms with Gasteiger partial charge in [-0.2, -0.15) is 0 Å². The molecule has 0 aromatic carbocycles. The summed E-state index contributed by atoms with van der Waals surface area (Å²) in [6.07, 6.45) is 5.92. The van der Waals surface area contributed by atoms with E-state index in [1.807, 2.05) is 6.08 Å². The van der Waals surface area contributed by atoms with Crippen LogP contribution >= 0.6 is 0 Å². The van der Waals surface area contributed by atoms with Gasteiger partial charge in [-0.25, -0.2) is 0 Å². The Labute approximate surface area is 96.2 Å². The molecule has 0 spiro atoms. The van der Waals surface area contributed by atoms with E-state index in [4.69, 9.17) is 9.84 Å². The summed E-state index contributed by atoms with van der Waals surface area (Å²) in [7, 11) is 0. The van der Waals surface area contributed by atoms with Gasteiger partial charge < -0.3 is 19.7 Å². The molecular formula is C12H20O4. The number of hydrogen-bond acceptors (Lipinski definition) is 4. The summed E-state index contributed by atoms with van der Waals surface area (Å²) in [6.45, 7) is 5.04. The molecule has 1 unspecified atom stereocenters. The minimum atomic E-state index is -0.806. The van der Waals surface area contributed by atoms with Crippen LogP contribution in [0.5, 0.6) is 0 Å². The van der Waals surface area contributed by atoms with Gasteiger partial charge in [0.05, 0.1) is 12.2 Å². The average molecular weight is 228 g/mol. The number of aliphatic hydroxyl groups excluding tert-OH is 1. The summed E-state index contributed by atoms with van der Waals surface area (Å²) >= 11 is 0. The smallest absolute Gasteiger partial charge is 0.126 e. The molecule has 0 saturated carbocycles. The lowest BCUT2D eigenvalue weighted by Gasteiger charge is -2.21. The van der Waals surface area contributed by atoms with Crippen molar-refractivity contribution in [3.05, 3.63) is 24.0 Å². The van der Waals surface area contributed by atoms with Crippen LogP contribution in [-0.2, 0) is 9.53 Å². The monoisotopic (exact) mass is 228 g/mol. The molecule has 1 atom stereocenters. The third-order valence-electron chi connectivity index (χ3n) is 1.63. The molecule has 0 amide bonds.